The summed E-state index contributed by atoms with van der Waals surface area (Å²) in [5.41, 5.74) is 2.26. The van der Waals surface area contributed by atoms with Crippen molar-refractivity contribution >= 4 is 5.91 Å². The third-order valence-corrected chi connectivity index (χ3v) is 4.02. The summed E-state index contributed by atoms with van der Waals surface area (Å²) >= 11 is 0. The zero-order valence-electron chi connectivity index (χ0n) is 12.5. The summed E-state index contributed by atoms with van der Waals surface area (Å²) < 4.78 is 1.72. The number of hydrogen-bond acceptors (Lipinski definition) is 3. The van der Waals surface area contributed by atoms with Crippen molar-refractivity contribution in [1.82, 2.24) is 14.8 Å². The van der Waals surface area contributed by atoms with Gasteiger partial charge in [0.15, 0.2) is 0 Å². The van der Waals surface area contributed by atoms with Crippen molar-refractivity contribution in [3.05, 3.63) is 59.4 Å². The molecule has 5 nitrogen and oxygen atoms in total. The van der Waals surface area contributed by atoms with Crippen LogP contribution in [-0.2, 0) is 7.05 Å². The predicted molar refractivity (Wildman–Crippen MR) is 83.2 cm³/mol. The molecule has 0 radical (unpaired) electrons. The number of amides is 1. The van der Waals surface area contributed by atoms with Crippen LogP contribution in [0.4, 0.5) is 0 Å². The Balaban J connectivity index is 1.78. The average Bonchev–Trinajstić information content (AvgIpc) is 2.96. The highest BCUT2D eigenvalue weighted by molar-refractivity contribution is 5.93. The minimum Gasteiger partial charge on any atom is -0.345 e. The molecule has 1 saturated heterocycles. The van der Waals surface area contributed by atoms with Crippen molar-refractivity contribution in [2.45, 2.75) is 6.04 Å². The lowest BCUT2D eigenvalue weighted by Gasteiger charge is -2.34. The van der Waals surface area contributed by atoms with E-state index in [1.54, 1.807) is 23.9 Å². The Kier molecular flexibility index (Phi) is 3.94. The van der Waals surface area contributed by atoms with Gasteiger partial charge in [0, 0.05) is 38.9 Å². The Morgan fingerprint density at radius 1 is 1.36 bits per heavy atom. The van der Waals surface area contributed by atoms with E-state index in [1.807, 2.05) is 23.1 Å². The fraction of sp³-hybridized carbons (Fsp3) is 0.294. The summed E-state index contributed by atoms with van der Waals surface area (Å²) in [6.07, 6.45) is 1.68. The van der Waals surface area contributed by atoms with E-state index >= 15 is 0 Å². The van der Waals surface area contributed by atoms with Gasteiger partial charge < -0.3 is 14.8 Å². The maximum absolute atomic E-state index is 12.7. The molecule has 2 heterocycles. The third-order valence-electron chi connectivity index (χ3n) is 4.02. The number of piperazine rings is 1. The second-order valence-corrected chi connectivity index (χ2v) is 5.51. The molecule has 5 heteroatoms. The molecule has 1 aromatic heterocycles. The van der Waals surface area contributed by atoms with Gasteiger partial charge in [-0.05, 0) is 11.6 Å². The fourth-order valence-corrected chi connectivity index (χ4v) is 2.84. The van der Waals surface area contributed by atoms with E-state index in [-0.39, 0.29) is 11.9 Å². The number of carbonyl (C=O) groups is 1. The quantitative estimate of drug-likeness (QED) is 0.916. The Bertz CT molecular complexity index is 714. The number of nitrogens with one attached hydrogen (secondary N) is 1. The van der Waals surface area contributed by atoms with E-state index in [0.29, 0.717) is 24.3 Å². The van der Waals surface area contributed by atoms with Crippen molar-refractivity contribution in [2.75, 3.05) is 19.6 Å². The summed E-state index contributed by atoms with van der Waals surface area (Å²) in [5.74, 6) is -0.0218. The Morgan fingerprint density at radius 3 is 2.82 bits per heavy atom. The number of aryl methyl sites for hydroxylation is 1. The summed E-state index contributed by atoms with van der Waals surface area (Å²) in [7, 11) is 1.80. The highest BCUT2D eigenvalue weighted by Gasteiger charge is 2.26. The molecule has 0 bridgehead atoms. The van der Waals surface area contributed by atoms with E-state index in [2.05, 4.69) is 23.5 Å². The zero-order chi connectivity index (χ0) is 15.5. The molecular formula is C17H18N4O. The maximum atomic E-state index is 12.7. The van der Waals surface area contributed by atoms with Crippen molar-refractivity contribution in [1.29, 1.82) is 5.26 Å². The van der Waals surface area contributed by atoms with Crippen LogP contribution in [0.2, 0.25) is 0 Å². The van der Waals surface area contributed by atoms with Gasteiger partial charge in [-0.2, -0.15) is 5.26 Å². The van der Waals surface area contributed by atoms with E-state index in [9.17, 15) is 4.79 Å². The van der Waals surface area contributed by atoms with Gasteiger partial charge in [0.2, 0.25) is 0 Å². The van der Waals surface area contributed by atoms with Crippen molar-refractivity contribution in [3.8, 4) is 6.07 Å². The first-order valence-electron chi connectivity index (χ1n) is 7.33. The zero-order valence-corrected chi connectivity index (χ0v) is 12.5. The van der Waals surface area contributed by atoms with Gasteiger partial charge >= 0.3 is 0 Å². The van der Waals surface area contributed by atoms with Crippen LogP contribution in [0.1, 0.15) is 27.7 Å². The first-order chi connectivity index (χ1) is 10.7. The van der Waals surface area contributed by atoms with Crippen molar-refractivity contribution < 1.29 is 4.79 Å². The standard InChI is InChI=1S/C17H18N4O/c1-20-11-13(10-18)9-16(20)17(22)21-8-7-19-15(12-21)14-5-3-2-4-6-14/h2-6,9,11,15,19H,7-8,12H2,1H3/t15-/m1/s1. The third kappa shape index (κ3) is 2.74. The number of carbonyl (C=O) groups excluding carboxylic acids is 1. The van der Waals surface area contributed by atoms with Crippen LogP contribution in [0.5, 0.6) is 0 Å². The molecule has 1 aliphatic heterocycles. The topological polar surface area (TPSA) is 61.1 Å². The van der Waals surface area contributed by atoms with E-state index in [0.717, 1.165) is 6.54 Å². The van der Waals surface area contributed by atoms with Gasteiger partial charge in [0.05, 0.1) is 5.56 Å². The largest absolute Gasteiger partial charge is 0.345 e. The normalized spacial score (nSPS) is 18.0. The summed E-state index contributed by atoms with van der Waals surface area (Å²) in [6, 6.07) is 14.0. The van der Waals surface area contributed by atoms with Gasteiger partial charge in [-0.1, -0.05) is 30.3 Å². The molecule has 1 aromatic carbocycles. The lowest BCUT2D eigenvalue weighted by molar-refractivity contribution is 0.0693. The number of nitriles is 1. The Morgan fingerprint density at radius 2 is 2.14 bits per heavy atom. The van der Waals surface area contributed by atoms with Gasteiger partial charge in [0.25, 0.3) is 5.91 Å². The first kappa shape index (κ1) is 14.4. The monoisotopic (exact) mass is 294 g/mol. The molecule has 1 amide bonds. The highest BCUT2D eigenvalue weighted by atomic mass is 16.2. The van der Waals surface area contributed by atoms with Crippen LogP contribution in [0.3, 0.4) is 0 Å². The highest BCUT2D eigenvalue weighted by Crippen LogP contribution is 2.19. The predicted octanol–water partition coefficient (Wildman–Crippen LogP) is 1.68. The summed E-state index contributed by atoms with van der Waals surface area (Å²) in [5, 5.41) is 12.4. The Hall–Kier alpha value is -2.58. The molecule has 1 atom stereocenters. The summed E-state index contributed by atoms with van der Waals surface area (Å²) in [4.78, 5) is 14.5. The van der Waals surface area contributed by atoms with Crippen molar-refractivity contribution in [2.24, 2.45) is 7.05 Å². The van der Waals surface area contributed by atoms with E-state index < -0.39 is 0 Å². The molecule has 1 aliphatic rings. The second kappa shape index (κ2) is 6.04. The van der Waals surface area contributed by atoms with Crippen LogP contribution in [-0.4, -0.2) is 35.0 Å². The SMILES string of the molecule is Cn1cc(C#N)cc1C(=O)N1CCN[C@@H](c2ccccc2)C1. The number of rotatable bonds is 2. The van der Waals surface area contributed by atoms with Crippen LogP contribution in [0, 0.1) is 11.3 Å². The fourth-order valence-electron chi connectivity index (χ4n) is 2.84. The molecule has 1 N–H and O–H groups in total. The van der Waals surface area contributed by atoms with E-state index in [1.165, 1.54) is 5.56 Å². The molecule has 22 heavy (non-hydrogen) atoms. The van der Waals surface area contributed by atoms with Crippen LogP contribution < -0.4 is 5.32 Å². The number of hydrogen-bond donors (Lipinski definition) is 1. The number of nitrogens with zero attached hydrogens (tertiary/aromatic N) is 3. The molecule has 3 rings (SSSR count). The van der Waals surface area contributed by atoms with Gasteiger partial charge in [0.1, 0.15) is 11.8 Å². The van der Waals surface area contributed by atoms with Gasteiger partial charge in [-0.3, -0.25) is 4.79 Å². The molecule has 2 aromatic rings. The first-order valence-corrected chi connectivity index (χ1v) is 7.33. The van der Waals surface area contributed by atoms with Crippen LogP contribution in [0.15, 0.2) is 42.6 Å². The van der Waals surface area contributed by atoms with Crippen LogP contribution in [0.25, 0.3) is 0 Å². The van der Waals surface area contributed by atoms with Gasteiger partial charge in [-0.15, -0.1) is 0 Å². The second-order valence-electron chi connectivity index (χ2n) is 5.51. The lowest BCUT2D eigenvalue weighted by Crippen LogP contribution is -2.48. The molecule has 0 spiro atoms. The average molecular weight is 294 g/mol. The Labute approximate surface area is 129 Å². The van der Waals surface area contributed by atoms with Gasteiger partial charge in [-0.25, -0.2) is 0 Å². The number of benzene rings is 1. The molecular weight excluding hydrogens is 276 g/mol. The molecule has 1 fully saturated rings. The van der Waals surface area contributed by atoms with Crippen LogP contribution >= 0.6 is 0 Å². The molecule has 0 unspecified atom stereocenters. The van der Waals surface area contributed by atoms with Crippen molar-refractivity contribution in [3.63, 3.8) is 0 Å². The maximum Gasteiger partial charge on any atom is 0.270 e. The number of aromatic nitrogens is 1. The lowest BCUT2D eigenvalue weighted by atomic mass is 10.0. The molecule has 0 saturated carbocycles. The minimum atomic E-state index is -0.0218. The minimum absolute atomic E-state index is 0.0218. The van der Waals surface area contributed by atoms with E-state index in [4.69, 9.17) is 5.26 Å². The molecule has 112 valence electrons. The summed E-state index contributed by atoms with van der Waals surface area (Å²) in [6.45, 7) is 2.08. The smallest absolute Gasteiger partial charge is 0.270 e. The molecule has 0 aliphatic carbocycles.